The molecule has 0 aliphatic carbocycles. The van der Waals surface area contributed by atoms with E-state index < -0.39 is 19.9 Å². The van der Waals surface area contributed by atoms with Gasteiger partial charge in [0.1, 0.15) is 10.6 Å². The van der Waals surface area contributed by atoms with Gasteiger partial charge in [-0.15, -0.1) is 6.58 Å². The largest absolute Gasteiger partial charge is 0.477 e. The number of ether oxygens (including phenoxy) is 1. The van der Waals surface area contributed by atoms with Gasteiger partial charge in [0.25, 0.3) is 0 Å². The van der Waals surface area contributed by atoms with Crippen LogP contribution in [0.2, 0.25) is 13.1 Å². The molecule has 0 aromatic heterocycles. The maximum absolute atomic E-state index is 13.4. The molecule has 162 valence electrons. The molecule has 3 heterocycles. The second kappa shape index (κ2) is 8.21. The summed E-state index contributed by atoms with van der Waals surface area (Å²) >= 11 is 1.52. The van der Waals surface area contributed by atoms with Crippen molar-refractivity contribution in [2.24, 2.45) is 17.3 Å². The molecule has 0 saturated carbocycles. The molecule has 0 radical (unpaired) electrons. The highest BCUT2D eigenvalue weighted by molar-refractivity contribution is 8.04. The van der Waals surface area contributed by atoms with E-state index in [4.69, 9.17) is 9.16 Å². The monoisotopic (exact) mass is 439 g/mol. The molecule has 0 unspecified atom stereocenters. The first-order valence-corrected chi connectivity index (χ1v) is 14.0. The van der Waals surface area contributed by atoms with Gasteiger partial charge >= 0.3 is 5.97 Å². The van der Waals surface area contributed by atoms with E-state index in [1.54, 1.807) is 6.08 Å². The number of hydrogen-bond acceptors (Lipinski definition) is 5. The maximum Gasteiger partial charge on any atom is 0.353 e. The van der Waals surface area contributed by atoms with Gasteiger partial charge in [-0.2, -0.15) is 0 Å². The van der Waals surface area contributed by atoms with Crippen LogP contribution in [-0.2, 0) is 18.8 Å². The van der Waals surface area contributed by atoms with E-state index in [0.717, 1.165) is 12.8 Å². The number of fused-ring (bicyclic) bond motifs is 1. The Morgan fingerprint density at radius 1 is 1.52 bits per heavy atom. The molecule has 0 bridgehead atoms. The first kappa shape index (κ1) is 22.6. The van der Waals surface area contributed by atoms with Crippen LogP contribution >= 0.6 is 11.8 Å². The lowest BCUT2D eigenvalue weighted by Gasteiger charge is -2.57. The number of thioether (sulfide) groups is 1. The SMILES string of the molecule is C=CC[C@]12SC([C@H]3CCCO3)=C(C(=O)O)N1C(=O)[C@@H]2[C@@H](CO[SiH](C)C)C(C)(C)C. The summed E-state index contributed by atoms with van der Waals surface area (Å²) in [5.74, 6) is -1.49. The molecule has 29 heavy (non-hydrogen) atoms. The maximum atomic E-state index is 13.4. The lowest BCUT2D eigenvalue weighted by molar-refractivity contribution is -0.168. The van der Waals surface area contributed by atoms with Crippen molar-refractivity contribution in [3.05, 3.63) is 23.3 Å². The van der Waals surface area contributed by atoms with Gasteiger partial charge in [-0.25, -0.2) is 4.79 Å². The minimum atomic E-state index is -1.25. The van der Waals surface area contributed by atoms with E-state index in [0.29, 0.717) is 24.5 Å². The predicted molar refractivity (Wildman–Crippen MR) is 117 cm³/mol. The molecule has 1 amide bonds. The van der Waals surface area contributed by atoms with Crippen molar-refractivity contribution in [3.63, 3.8) is 0 Å². The van der Waals surface area contributed by atoms with Crippen molar-refractivity contribution < 1.29 is 23.9 Å². The van der Waals surface area contributed by atoms with E-state index in [2.05, 4.69) is 40.4 Å². The summed E-state index contributed by atoms with van der Waals surface area (Å²) in [5, 5.41) is 9.96. The lowest BCUT2D eigenvalue weighted by atomic mass is 9.65. The Bertz CT molecular complexity index is 725. The lowest BCUT2D eigenvalue weighted by Crippen LogP contribution is -2.70. The number of amides is 1. The second-order valence-electron chi connectivity index (χ2n) is 9.47. The Balaban J connectivity index is 2.01. The topological polar surface area (TPSA) is 76.1 Å². The van der Waals surface area contributed by atoms with Crippen molar-refractivity contribution >= 4 is 32.7 Å². The van der Waals surface area contributed by atoms with E-state index in [1.165, 1.54) is 16.7 Å². The molecule has 6 nitrogen and oxygen atoms in total. The summed E-state index contributed by atoms with van der Waals surface area (Å²) in [5.41, 5.74) is -0.0442. The summed E-state index contributed by atoms with van der Waals surface area (Å²) in [6.45, 7) is 15.7. The van der Waals surface area contributed by atoms with Gasteiger partial charge in [-0.05, 0) is 37.8 Å². The zero-order chi connectivity index (χ0) is 21.6. The normalized spacial score (nSPS) is 30.6. The number of hydrogen-bond donors (Lipinski definition) is 1. The fourth-order valence-electron chi connectivity index (χ4n) is 4.65. The smallest absolute Gasteiger partial charge is 0.353 e. The highest BCUT2D eigenvalue weighted by atomic mass is 32.2. The zero-order valence-electron chi connectivity index (χ0n) is 18.1. The third-order valence-corrected chi connectivity index (χ3v) is 8.57. The number of nitrogens with zero attached hydrogens (tertiary/aromatic N) is 1. The average molecular weight is 440 g/mol. The fourth-order valence-corrected chi connectivity index (χ4v) is 7.08. The van der Waals surface area contributed by atoms with Crippen LogP contribution in [0.5, 0.6) is 0 Å². The number of carboxylic acids is 1. The van der Waals surface area contributed by atoms with Gasteiger partial charge in [0, 0.05) is 24.0 Å². The summed E-state index contributed by atoms with van der Waals surface area (Å²) in [6.07, 6.45) is 3.80. The molecule has 2 saturated heterocycles. The standard InChI is InChI=1S/C21H33NO5SSi/c1-7-10-21-15(13(20(2,3)4)12-27-29(5)6)18(23)22(21)16(19(24)25)17(28-21)14-9-8-11-26-14/h7,13-15,29H,1,8-12H2,2-6H3,(H,24,25)/t13-,14-,15+,21-/m1/s1. The van der Waals surface area contributed by atoms with Crippen LogP contribution in [0.3, 0.4) is 0 Å². The Hall–Kier alpha value is -1.09. The molecule has 0 aromatic carbocycles. The molecule has 3 aliphatic heterocycles. The molecule has 3 aliphatic rings. The number of carbonyl (C=O) groups excluding carboxylic acids is 1. The van der Waals surface area contributed by atoms with Crippen molar-refractivity contribution in [3.8, 4) is 0 Å². The summed E-state index contributed by atoms with van der Waals surface area (Å²) in [6, 6.07) is 0. The van der Waals surface area contributed by atoms with Gasteiger partial charge in [-0.3, -0.25) is 9.69 Å². The first-order valence-electron chi connectivity index (χ1n) is 10.4. The third kappa shape index (κ3) is 3.84. The highest BCUT2D eigenvalue weighted by Crippen LogP contribution is 2.64. The van der Waals surface area contributed by atoms with Crippen LogP contribution in [0.4, 0.5) is 0 Å². The molecule has 0 spiro atoms. The molecular formula is C21H33NO5SSi. The minimum Gasteiger partial charge on any atom is -0.477 e. The highest BCUT2D eigenvalue weighted by Gasteiger charge is 2.69. The zero-order valence-corrected chi connectivity index (χ0v) is 20.0. The molecule has 3 rings (SSSR count). The number of β-lactam (4-membered cyclic amide) rings is 1. The van der Waals surface area contributed by atoms with Crippen molar-refractivity contribution in [1.29, 1.82) is 0 Å². The van der Waals surface area contributed by atoms with E-state index in [9.17, 15) is 14.7 Å². The number of carbonyl (C=O) groups is 2. The van der Waals surface area contributed by atoms with Gasteiger partial charge < -0.3 is 14.3 Å². The average Bonchev–Trinajstić information content (AvgIpc) is 3.22. The number of aliphatic carboxylic acids is 1. The van der Waals surface area contributed by atoms with Crippen molar-refractivity contribution in [2.75, 3.05) is 13.2 Å². The van der Waals surface area contributed by atoms with E-state index in [-0.39, 0.29) is 35.0 Å². The van der Waals surface area contributed by atoms with E-state index in [1.807, 2.05) is 0 Å². The second-order valence-corrected chi connectivity index (χ2v) is 13.2. The van der Waals surface area contributed by atoms with Crippen LogP contribution in [0.25, 0.3) is 0 Å². The molecule has 4 atom stereocenters. The molecular weight excluding hydrogens is 406 g/mol. The van der Waals surface area contributed by atoms with Gasteiger partial charge in [-0.1, -0.05) is 38.6 Å². The van der Waals surface area contributed by atoms with Gasteiger partial charge in [0.15, 0.2) is 9.04 Å². The summed E-state index contributed by atoms with van der Waals surface area (Å²) in [7, 11) is -1.25. The van der Waals surface area contributed by atoms with E-state index >= 15 is 0 Å². The Kier molecular flexibility index (Phi) is 6.39. The van der Waals surface area contributed by atoms with Crippen molar-refractivity contribution in [2.45, 2.75) is 64.1 Å². The predicted octanol–water partition coefficient (Wildman–Crippen LogP) is 3.60. The number of rotatable bonds is 8. The van der Waals surface area contributed by atoms with Crippen LogP contribution in [0.1, 0.15) is 40.0 Å². The Morgan fingerprint density at radius 3 is 2.69 bits per heavy atom. The van der Waals surface area contributed by atoms with Gasteiger partial charge in [0.2, 0.25) is 5.91 Å². The number of carboxylic acid groups (broad SMARTS) is 1. The molecule has 8 heteroatoms. The summed E-state index contributed by atoms with van der Waals surface area (Å²) < 4.78 is 11.9. The Labute approximate surface area is 179 Å². The molecule has 2 fully saturated rings. The first-order chi connectivity index (χ1) is 13.5. The fraction of sp³-hybridized carbons (Fsp3) is 0.714. The molecule has 0 aromatic rings. The third-order valence-electron chi connectivity index (χ3n) is 6.08. The van der Waals surface area contributed by atoms with Gasteiger partial charge in [0.05, 0.1) is 12.0 Å². The van der Waals surface area contributed by atoms with Crippen LogP contribution in [-0.4, -0.2) is 55.1 Å². The van der Waals surface area contributed by atoms with Crippen LogP contribution in [0, 0.1) is 17.3 Å². The minimum absolute atomic E-state index is 0.00695. The Morgan fingerprint density at radius 2 is 2.21 bits per heavy atom. The van der Waals surface area contributed by atoms with Crippen molar-refractivity contribution in [1.82, 2.24) is 4.90 Å². The van der Waals surface area contributed by atoms with Crippen LogP contribution in [0.15, 0.2) is 23.3 Å². The molecule has 1 N–H and O–H groups in total. The van der Waals surface area contributed by atoms with Crippen LogP contribution < -0.4 is 0 Å². The summed E-state index contributed by atoms with van der Waals surface area (Å²) in [4.78, 5) is 27.2. The quantitative estimate of drug-likeness (QED) is 0.354.